The highest BCUT2D eigenvalue weighted by molar-refractivity contribution is 7.15. The molecule has 1 aromatic heterocycles. The number of nitrogens with one attached hydrogen (secondary N) is 1. The van der Waals surface area contributed by atoms with Crippen molar-refractivity contribution in [3.05, 3.63) is 10.6 Å². The van der Waals surface area contributed by atoms with Crippen LogP contribution in [0.4, 0.5) is 5.13 Å². The number of thiazole rings is 1. The number of rotatable bonds is 10. The first-order chi connectivity index (χ1) is 10.2. The summed E-state index contributed by atoms with van der Waals surface area (Å²) in [5.41, 5.74) is 1.06. The summed E-state index contributed by atoms with van der Waals surface area (Å²) in [4.78, 5) is 8.39. The molecule has 1 aliphatic carbocycles. The quantitative estimate of drug-likeness (QED) is 0.719. The Kier molecular flexibility index (Phi) is 6.41. The molecule has 1 heterocycles. The van der Waals surface area contributed by atoms with Crippen LogP contribution in [0.3, 0.4) is 0 Å². The van der Waals surface area contributed by atoms with Crippen molar-refractivity contribution in [2.75, 3.05) is 32.3 Å². The molecule has 6 heteroatoms. The van der Waals surface area contributed by atoms with Gasteiger partial charge in [0.05, 0.1) is 18.9 Å². The largest absolute Gasteiger partial charge is 0.383 e. The Bertz CT molecular complexity index is 433. The van der Waals surface area contributed by atoms with Gasteiger partial charge in [0, 0.05) is 44.3 Å². The second kappa shape index (κ2) is 8.08. The van der Waals surface area contributed by atoms with E-state index in [1.165, 1.54) is 17.7 Å². The topological polar surface area (TPSA) is 46.6 Å². The number of hydrogen-bond acceptors (Lipinski definition) is 6. The van der Waals surface area contributed by atoms with E-state index in [4.69, 9.17) is 14.5 Å². The molecule has 0 radical (unpaired) electrons. The molecule has 0 amide bonds. The van der Waals surface area contributed by atoms with Crippen LogP contribution in [0.2, 0.25) is 0 Å². The molecule has 1 aromatic rings. The zero-order valence-corrected chi connectivity index (χ0v) is 14.3. The molecule has 1 saturated carbocycles. The standard InChI is InChI=1S/C15H27N3O2S/c1-11(2)18(7-8-19-3)15-17-13(10-20-4)14(21-15)9-16-12-5-6-12/h11-12,16H,5-10H2,1-4H3. The molecule has 0 saturated heterocycles. The fraction of sp³-hybridized carbons (Fsp3) is 0.800. The zero-order valence-electron chi connectivity index (χ0n) is 13.5. The van der Waals surface area contributed by atoms with Crippen molar-refractivity contribution in [1.82, 2.24) is 10.3 Å². The molecule has 120 valence electrons. The third-order valence-electron chi connectivity index (χ3n) is 3.58. The average Bonchev–Trinajstić information content (AvgIpc) is 3.19. The minimum absolute atomic E-state index is 0.408. The van der Waals surface area contributed by atoms with Gasteiger partial charge in [0.2, 0.25) is 0 Å². The van der Waals surface area contributed by atoms with E-state index in [0.717, 1.165) is 23.9 Å². The van der Waals surface area contributed by atoms with Crippen LogP contribution in [0, 0.1) is 0 Å². The molecule has 21 heavy (non-hydrogen) atoms. The zero-order chi connectivity index (χ0) is 15.2. The average molecular weight is 313 g/mol. The second-order valence-electron chi connectivity index (χ2n) is 5.73. The third kappa shape index (κ3) is 4.92. The van der Waals surface area contributed by atoms with Crippen molar-refractivity contribution in [1.29, 1.82) is 0 Å². The maximum Gasteiger partial charge on any atom is 0.186 e. The maximum absolute atomic E-state index is 5.30. The molecule has 1 fully saturated rings. The minimum atomic E-state index is 0.408. The number of methoxy groups -OCH3 is 2. The van der Waals surface area contributed by atoms with Crippen molar-refractivity contribution < 1.29 is 9.47 Å². The Labute approximate surface area is 131 Å². The van der Waals surface area contributed by atoms with Gasteiger partial charge in [0.1, 0.15) is 0 Å². The van der Waals surface area contributed by atoms with Crippen LogP contribution in [0.25, 0.3) is 0 Å². The molecule has 0 atom stereocenters. The maximum atomic E-state index is 5.30. The van der Waals surface area contributed by atoms with Gasteiger partial charge in [-0.25, -0.2) is 4.98 Å². The summed E-state index contributed by atoms with van der Waals surface area (Å²) in [5.74, 6) is 0. The molecule has 0 bridgehead atoms. The first-order valence-corrected chi connectivity index (χ1v) is 8.43. The second-order valence-corrected chi connectivity index (χ2v) is 6.80. The molecule has 5 nitrogen and oxygen atoms in total. The number of ether oxygens (including phenoxy) is 2. The highest BCUT2D eigenvalue weighted by Crippen LogP contribution is 2.29. The van der Waals surface area contributed by atoms with Crippen LogP contribution in [0.15, 0.2) is 0 Å². The number of nitrogens with zero attached hydrogens (tertiary/aromatic N) is 2. The van der Waals surface area contributed by atoms with Gasteiger partial charge in [0.15, 0.2) is 5.13 Å². The number of anilines is 1. The molecule has 0 unspecified atom stereocenters. The first kappa shape index (κ1) is 16.7. The highest BCUT2D eigenvalue weighted by atomic mass is 32.1. The lowest BCUT2D eigenvalue weighted by Crippen LogP contribution is -2.33. The number of hydrogen-bond donors (Lipinski definition) is 1. The van der Waals surface area contributed by atoms with Crippen molar-refractivity contribution in [3.63, 3.8) is 0 Å². The predicted molar refractivity (Wildman–Crippen MR) is 87.0 cm³/mol. The van der Waals surface area contributed by atoms with E-state index >= 15 is 0 Å². The minimum Gasteiger partial charge on any atom is -0.383 e. The van der Waals surface area contributed by atoms with Gasteiger partial charge in [0.25, 0.3) is 0 Å². The van der Waals surface area contributed by atoms with Gasteiger partial charge in [-0.2, -0.15) is 0 Å². The van der Waals surface area contributed by atoms with Crippen molar-refractivity contribution in [2.45, 2.75) is 51.9 Å². The summed E-state index contributed by atoms with van der Waals surface area (Å²) in [6.45, 7) is 7.44. The molecular formula is C15H27N3O2S. The monoisotopic (exact) mass is 313 g/mol. The molecule has 0 aliphatic heterocycles. The summed E-state index contributed by atoms with van der Waals surface area (Å²) in [6, 6.07) is 1.12. The van der Waals surface area contributed by atoms with E-state index in [9.17, 15) is 0 Å². The van der Waals surface area contributed by atoms with E-state index < -0.39 is 0 Å². The third-order valence-corrected chi connectivity index (χ3v) is 4.72. The van der Waals surface area contributed by atoms with Crippen molar-refractivity contribution >= 4 is 16.5 Å². The normalized spacial score (nSPS) is 14.9. The van der Waals surface area contributed by atoms with Crippen LogP contribution >= 0.6 is 11.3 Å². The smallest absolute Gasteiger partial charge is 0.186 e. The summed E-state index contributed by atoms with van der Waals surface area (Å²) >= 11 is 1.77. The van der Waals surface area contributed by atoms with Crippen LogP contribution in [0.5, 0.6) is 0 Å². The Balaban J connectivity index is 2.10. The summed E-state index contributed by atoms with van der Waals surface area (Å²) in [5, 5.41) is 4.64. The molecule has 0 aromatic carbocycles. The van der Waals surface area contributed by atoms with E-state index in [2.05, 4.69) is 24.1 Å². The Hall–Kier alpha value is -0.690. The molecular weight excluding hydrogens is 286 g/mol. The number of aromatic nitrogens is 1. The van der Waals surface area contributed by atoms with Crippen LogP contribution in [0.1, 0.15) is 37.3 Å². The Morgan fingerprint density at radius 1 is 1.33 bits per heavy atom. The first-order valence-electron chi connectivity index (χ1n) is 7.62. The van der Waals surface area contributed by atoms with E-state index in [1.54, 1.807) is 25.6 Å². The summed E-state index contributed by atoms with van der Waals surface area (Å²) in [6.07, 6.45) is 2.61. The van der Waals surface area contributed by atoms with Gasteiger partial charge < -0.3 is 19.7 Å². The van der Waals surface area contributed by atoms with E-state index in [-0.39, 0.29) is 0 Å². The van der Waals surface area contributed by atoms with Crippen molar-refractivity contribution in [2.24, 2.45) is 0 Å². The van der Waals surface area contributed by atoms with Gasteiger partial charge in [-0.1, -0.05) is 0 Å². The SMILES string of the molecule is COCCN(c1nc(COC)c(CNC2CC2)s1)C(C)C. The fourth-order valence-corrected chi connectivity index (χ4v) is 3.34. The summed E-state index contributed by atoms with van der Waals surface area (Å²) in [7, 11) is 3.46. The highest BCUT2D eigenvalue weighted by Gasteiger charge is 2.23. The summed E-state index contributed by atoms with van der Waals surface area (Å²) < 4.78 is 10.5. The van der Waals surface area contributed by atoms with Gasteiger partial charge >= 0.3 is 0 Å². The lowest BCUT2D eigenvalue weighted by Gasteiger charge is -2.25. The fourth-order valence-electron chi connectivity index (χ4n) is 2.17. The molecule has 0 spiro atoms. The van der Waals surface area contributed by atoms with Crippen molar-refractivity contribution in [3.8, 4) is 0 Å². The molecule has 1 aliphatic rings. The lowest BCUT2D eigenvalue weighted by atomic mass is 10.3. The Morgan fingerprint density at radius 3 is 2.67 bits per heavy atom. The van der Waals surface area contributed by atoms with E-state index in [0.29, 0.717) is 25.3 Å². The predicted octanol–water partition coefficient (Wildman–Crippen LogP) is 2.40. The van der Waals surface area contributed by atoms with E-state index in [1.807, 2.05) is 0 Å². The van der Waals surface area contributed by atoms with Gasteiger partial charge in [-0.05, 0) is 26.7 Å². The Morgan fingerprint density at radius 2 is 2.10 bits per heavy atom. The van der Waals surface area contributed by atoms with Crippen LogP contribution in [-0.2, 0) is 22.6 Å². The molecule has 1 N–H and O–H groups in total. The van der Waals surface area contributed by atoms with Gasteiger partial charge in [-0.3, -0.25) is 0 Å². The van der Waals surface area contributed by atoms with Gasteiger partial charge in [-0.15, -0.1) is 11.3 Å². The van der Waals surface area contributed by atoms with Crippen LogP contribution < -0.4 is 10.2 Å². The molecule has 2 rings (SSSR count). The lowest BCUT2D eigenvalue weighted by molar-refractivity contribution is 0.181. The van der Waals surface area contributed by atoms with Crippen LogP contribution in [-0.4, -0.2) is 44.4 Å².